The lowest BCUT2D eigenvalue weighted by molar-refractivity contribution is 0.0414. The van der Waals surface area contributed by atoms with Crippen LogP contribution in [0.4, 0.5) is 11.4 Å². The zero-order valence-corrected chi connectivity index (χ0v) is 30.8. The Morgan fingerprint density at radius 1 is 0.511 bits per heavy atom. The summed E-state index contributed by atoms with van der Waals surface area (Å²) in [5.41, 5.74) is 1.19. The Hall–Kier alpha value is -1.54. The molecule has 0 aromatic heterocycles. The van der Waals surface area contributed by atoms with Crippen LogP contribution < -0.4 is 10.6 Å². The lowest BCUT2D eigenvalue weighted by Crippen LogP contribution is -2.27. The van der Waals surface area contributed by atoms with Gasteiger partial charge in [0, 0.05) is 26.3 Å². The van der Waals surface area contributed by atoms with Crippen LogP contribution in [0.15, 0.2) is 18.2 Å². The molecule has 0 aliphatic heterocycles. The Balaban J connectivity index is 2.06. The maximum atomic E-state index is 10.4. The number of phenols is 1. The number of phenolic OH excluding ortho intramolecular Hbond substituents is 1. The molecule has 0 aliphatic carbocycles. The van der Waals surface area contributed by atoms with Crippen molar-refractivity contribution in [1.29, 1.82) is 0 Å². The minimum atomic E-state index is -0.681. The Morgan fingerprint density at radius 3 is 1.28 bits per heavy atom. The number of hydrogen-bond acceptors (Lipinski definition) is 7. The highest BCUT2D eigenvalue weighted by atomic mass is 16.5. The Labute approximate surface area is 290 Å². The van der Waals surface area contributed by atoms with E-state index in [4.69, 9.17) is 9.47 Å². The Bertz CT molecular complexity index is 796. The number of ether oxygens (including phenoxy) is 2. The van der Waals surface area contributed by atoms with E-state index in [1.54, 1.807) is 12.1 Å². The standard InChI is InChI=1S/C40H76N2O5/c1-3-5-7-9-11-13-15-17-19-21-23-25-30-46-34-36(43)32-41-38-28-27-29-39(45)40(38)42-33-37(44)35-47-31-26-24-22-20-18-16-14-12-10-8-6-4-2/h27-29,36-37,41-45H,3-26,30-35H2,1-2H3. The predicted molar refractivity (Wildman–Crippen MR) is 201 cm³/mol. The molecule has 0 heterocycles. The number of unbranched alkanes of at least 4 members (excludes halogenated alkanes) is 22. The fourth-order valence-electron chi connectivity index (χ4n) is 5.97. The van der Waals surface area contributed by atoms with Crippen molar-refractivity contribution in [2.75, 3.05) is 50.2 Å². The number of aliphatic hydroxyl groups is 2. The van der Waals surface area contributed by atoms with Crippen molar-refractivity contribution in [2.24, 2.45) is 0 Å². The maximum absolute atomic E-state index is 10.4. The first-order chi connectivity index (χ1) is 23.1. The highest BCUT2D eigenvalue weighted by molar-refractivity contribution is 5.75. The Morgan fingerprint density at radius 2 is 0.872 bits per heavy atom. The fraction of sp³-hybridized carbons (Fsp3) is 0.850. The van der Waals surface area contributed by atoms with Gasteiger partial charge >= 0.3 is 0 Å². The lowest BCUT2D eigenvalue weighted by Gasteiger charge is -2.19. The van der Waals surface area contributed by atoms with E-state index in [1.165, 1.54) is 141 Å². The van der Waals surface area contributed by atoms with Crippen molar-refractivity contribution < 1.29 is 24.8 Å². The second kappa shape index (κ2) is 33.0. The molecule has 0 radical (unpaired) electrons. The molecular formula is C40H76N2O5. The van der Waals surface area contributed by atoms with E-state index >= 15 is 0 Å². The van der Waals surface area contributed by atoms with E-state index in [1.807, 2.05) is 6.07 Å². The lowest BCUT2D eigenvalue weighted by atomic mass is 10.1. The highest BCUT2D eigenvalue weighted by Gasteiger charge is 2.12. The summed E-state index contributed by atoms with van der Waals surface area (Å²) in [6.07, 6.45) is 30.2. The van der Waals surface area contributed by atoms with Gasteiger partial charge < -0.3 is 35.4 Å². The molecular weight excluding hydrogens is 588 g/mol. The third-order valence-electron chi connectivity index (χ3n) is 8.99. The number of para-hydroxylation sites is 1. The van der Waals surface area contributed by atoms with E-state index in [2.05, 4.69) is 24.5 Å². The number of nitrogens with one attached hydrogen (secondary N) is 2. The number of anilines is 2. The van der Waals surface area contributed by atoms with Crippen LogP contribution in [0.1, 0.15) is 168 Å². The van der Waals surface area contributed by atoms with Crippen LogP contribution in [0.25, 0.3) is 0 Å². The molecule has 0 bridgehead atoms. The number of benzene rings is 1. The molecule has 0 saturated heterocycles. The largest absolute Gasteiger partial charge is 0.506 e. The van der Waals surface area contributed by atoms with Crippen LogP contribution in [0.3, 0.4) is 0 Å². The van der Waals surface area contributed by atoms with Crippen molar-refractivity contribution in [3.8, 4) is 5.75 Å². The Kier molecular flexibility index (Phi) is 30.5. The van der Waals surface area contributed by atoms with Crippen LogP contribution in [0.2, 0.25) is 0 Å². The minimum absolute atomic E-state index is 0.0947. The van der Waals surface area contributed by atoms with E-state index in [9.17, 15) is 15.3 Å². The molecule has 7 heteroatoms. The topological polar surface area (TPSA) is 103 Å². The number of aliphatic hydroxyl groups excluding tert-OH is 2. The fourth-order valence-corrected chi connectivity index (χ4v) is 5.97. The molecule has 1 aromatic rings. The monoisotopic (exact) mass is 665 g/mol. The quantitative estimate of drug-likeness (QED) is 0.0359. The second-order valence-corrected chi connectivity index (χ2v) is 13.7. The van der Waals surface area contributed by atoms with Gasteiger partial charge in [-0.3, -0.25) is 0 Å². The molecule has 0 aliphatic rings. The summed E-state index contributed by atoms with van der Waals surface area (Å²) in [6.45, 7) is 6.98. The predicted octanol–water partition coefficient (Wildman–Crippen LogP) is 10.4. The van der Waals surface area contributed by atoms with Gasteiger partial charge in [0.15, 0.2) is 0 Å². The van der Waals surface area contributed by atoms with Crippen molar-refractivity contribution in [3.05, 3.63) is 18.2 Å². The van der Waals surface area contributed by atoms with Crippen molar-refractivity contribution in [2.45, 2.75) is 180 Å². The smallest absolute Gasteiger partial charge is 0.140 e. The van der Waals surface area contributed by atoms with Crippen LogP contribution in [-0.4, -0.2) is 67.0 Å². The van der Waals surface area contributed by atoms with Gasteiger partial charge in [0.1, 0.15) is 11.4 Å². The average Bonchev–Trinajstić information content (AvgIpc) is 3.07. The first-order valence-electron chi connectivity index (χ1n) is 19.9. The van der Waals surface area contributed by atoms with Gasteiger partial charge in [0.05, 0.1) is 31.1 Å². The van der Waals surface area contributed by atoms with Crippen LogP contribution in [0, 0.1) is 0 Å². The van der Waals surface area contributed by atoms with Crippen LogP contribution >= 0.6 is 0 Å². The van der Waals surface area contributed by atoms with Crippen molar-refractivity contribution in [3.63, 3.8) is 0 Å². The minimum Gasteiger partial charge on any atom is -0.506 e. The molecule has 0 fully saturated rings. The zero-order chi connectivity index (χ0) is 34.0. The first kappa shape index (κ1) is 43.5. The first-order valence-corrected chi connectivity index (χ1v) is 19.9. The molecule has 1 aromatic carbocycles. The van der Waals surface area contributed by atoms with Gasteiger partial charge in [0.25, 0.3) is 0 Å². The summed E-state index contributed by atoms with van der Waals surface area (Å²) >= 11 is 0. The zero-order valence-electron chi connectivity index (χ0n) is 30.8. The molecule has 1 rings (SSSR count). The molecule has 276 valence electrons. The van der Waals surface area contributed by atoms with Crippen LogP contribution in [-0.2, 0) is 9.47 Å². The van der Waals surface area contributed by atoms with E-state index < -0.39 is 12.2 Å². The van der Waals surface area contributed by atoms with Crippen LogP contribution in [0.5, 0.6) is 5.75 Å². The van der Waals surface area contributed by atoms with Crippen molar-refractivity contribution >= 4 is 11.4 Å². The molecule has 0 amide bonds. The number of hydrogen-bond donors (Lipinski definition) is 5. The van der Waals surface area contributed by atoms with Gasteiger partial charge in [-0.25, -0.2) is 0 Å². The third kappa shape index (κ3) is 27.0. The number of aromatic hydroxyl groups is 1. The van der Waals surface area contributed by atoms with E-state index in [0.29, 0.717) is 31.1 Å². The van der Waals surface area contributed by atoms with Gasteiger partial charge in [0.2, 0.25) is 0 Å². The molecule has 47 heavy (non-hydrogen) atoms. The second-order valence-electron chi connectivity index (χ2n) is 13.7. The summed E-state index contributed by atoms with van der Waals surface area (Å²) in [7, 11) is 0. The molecule has 5 N–H and O–H groups in total. The summed E-state index contributed by atoms with van der Waals surface area (Å²) in [4.78, 5) is 0. The highest BCUT2D eigenvalue weighted by Crippen LogP contribution is 2.31. The summed E-state index contributed by atoms with van der Waals surface area (Å²) in [6, 6.07) is 5.21. The SMILES string of the molecule is CCCCCCCCCCCCCCOCC(O)CNc1cccc(O)c1NCC(O)COCCCCCCCCCCCCCC. The molecule has 0 saturated carbocycles. The van der Waals surface area contributed by atoms with E-state index in [-0.39, 0.29) is 25.5 Å². The van der Waals surface area contributed by atoms with Gasteiger partial charge in [-0.15, -0.1) is 0 Å². The average molecular weight is 665 g/mol. The van der Waals surface area contributed by atoms with Crippen molar-refractivity contribution in [1.82, 2.24) is 0 Å². The molecule has 0 spiro atoms. The molecule has 2 atom stereocenters. The normalized spacial score (nSPS) is 12.8. The third-order valence-corrected chi connectivity index (χ3v) is 8.99. The number of rotatable bonds is 36. The van der Waals surface area contributed by atoms with Gasteiger partial charge in [-0.05, 0) is 25.0 Å². The van der Waals surface area contributed by atoms with Gasteiger partial charge in [-0.1, -0.05) is 161 Å². The van der Waals surface area contributed by atoms with E-state index in [0.717, 1.165) is 12.8 Å². The summed E-state index contributed by atoms with van der Waals surface area (Å²) in [5, 5.41) is 37.6. The molecule has 7 nitrogen and oxygen atoms in total. The summed E-state index contributed by atoms with van der Waals surface area (Å²) in [5.74, 6) is 0.0947. The molecule has 2 unspecified atom stereocenters. The van der Waals surface area contributed by atoms with Gasteiger partial charge in [-0.2, -0.15) is 0 Å². The summed E-state index contributed by atoms with van der Waals surface area (Å²) < 4.78 is 11.4. The maximum Gasteiger partial charge on any atom is 0.140 e.